The van der Waals surface area contributed by atoms with Crippen molar-refractivity contribution in [3.8, 4) is 0 Å². The number of rotatable bonds is 2. The fraction of sp³-hybridized carbons (Fsp3) is 0.727. The molecular weight excluding hydrogens is 210 g/mol. The van der Waals surface area contributed by atoms with E-state index in [4.69, 9.17) is 4.74 Å². The Labute approximate surface area is 94.8 Å². The van der Waals surface area contributed by atoms with Crippen LogP contribution in [-0.2, 0) is 14.3 Å². The largest absolute Gasteiger partial charge is 0.465 e. The maximum absolute atomic E-state index is 11.4. The zero-order chi connectivity index (χ0) is 12.3. The van der Waals surface area contributed by atoms with Gasteiger partial charge in [-0.2, -0.15) is 4.99 Å². The molecule has 5 heteroatoms. The van der Waals surface area contributed by atoms with Crippen molar-refractivity contribution in [2.45, 2.75) is 39.2 Å². The fourth-order valence-corrected chi connectivity index (χ4v) is 1.15. The lowest BCUT2D eigenvalue weighted by Gasteiger charge is -2.17. The Kier molecular flexibility index (Phi) is 3.67. The normalized spacial score (nSPS) is 16.9. The van der Waals surface area contributed by atoms with Gasteiger partial charge in [-0.15, -0.1) is 0 Å². The summed E-state index contributed by atoms with van der Waals surface area (Å²) in [6.45, 7) is 5.24. The van der Waals surface area contributed by atoms with Gasteiger partial charge in [0.1, 0.15) is 11.3 Å². The Bertz CT molecular complexity index is 323. The first kappa shape index (κ1) is 12.7. The van der Waals surface area contributed by atoms with Crippen molar-refractivity contribution in [3.05, 3.63) is 0 Å². The Morgan fingerprint density at radius 2 is 1.81 bits per heavy atom. The Morgan fingerprint density at radius 3 is 2.19 bits per heavy atom. The van der Waals surface area contributed by atoms with E-state index in [1.165, 1.54) is 7.11 Å². The number of hydrogen-bond acceptors (Lipinski definition) is 4. The third kappa shape index (κ3) is 4.00. The van der Waals surface area contributed by atoms with Gasteiger partial charge in [0, 0.05) is 5.92 Å². The van der Waals surface area contributed by atoms with Crippen LogP contribution in [0.25, 0.3) is 0 Å². The van der Waals surface area contributed by atoms with Crippen LogP contribution in [0.5, 0.6) is 0 Å². The summed E-state index contributed by atoms with van der Waals surface area (Å²) in [6.07, 6.45) is 1.01. The zero-order valence-electron chi connectivity index (χ0n) is 10.1. The van der Waals surface area contributed by atoms with Crippen LogP contribution in [0.1, 0.15) is 33.6 Å². The molecule has 0 saturated heterocycles. The SMILES string of the molecule is COC(=O)/C(=N/C(=O)OC(C)(C)C)C1CC1. The van der Waals surface area contributed by atoms with Crippen molar-refractivity contribution in [2.75, 3.05) is 7.11 Å². The van der Waals surface area contributed by atoms with Gasteiger partial charge in [0.25, 0.3) is 0 Å². The van der Waals surface area contributed by atoms with E-state index in [2.05, 4.69) is 9.73 Å². The van der Waals surface area contributed by atoms with Gasteiger partial charge in [-0.25, -0.2) is 9.59 Å². The van der Waals surface area contributed by atoms with Gasteiger partial charge >= 0.3 is 12.1 Å². The van der Waals surface area contributed by atoms with Gasteiger partial charge in [0.05, 0.1) is 7.11 Å². The minimum atomic E-state index is -0.736. The third-order valence-corrected chi connectivity index (χ3v) is 1.96. The highest BCUT2D eigenvalue weighted by molar-refractivity contribution is 6.39. The first-order valence-electron chi connectivity index (χ1n) is 5.23. The first-order valence-corrected chi connectivity index (χ1v) is 5.23. The van der Waals surface area contributed by atoms with E-state index < -0.39 is 17.7 Å². The van der Waals surface area contributed by atoms with Gasteiger partial charge in [-0.1, -0.05) is 0 Å². The Hall–Kier alpha value is -1.39. The second kappa shape index (κ2) is 4.63. The van der Waals surface area contributed by atoms with Crippen LogP contribution >= 0.6 is 0 Å². The summed E-state index contributed by atoms with van der Waals surface area (Å²) in [4.78, 5) is 26.4. The van der Waals surface area contributed by atoms with Crippen LogP contribution < -0.4 is 0 Å². The van der Waals surface area contributed by atoms with Gasteiger partial charge in [0.2, 0.25) is 0 Å². The van der Waals surface area contributed by atoms with E-state index in [-0.39, 0.29) is 11.6 Å². The highest BCUT2D eigenvalue weighted by atomic mass is 16.6. The van der Waals surface area contributed by atoms with E-state index in [9.17, 15) is 9.59 Å². The van der Waals surface area contributed by atoms with Crippen LogP contribution in [0, 0.1) is 5.92 Å². The van der Waals surface area contributed by atoms with Crippen molar-refractivity contribution >= 4 is 17.8 Å². The van der Waals surface area contributed by atoms with Gasteiger partial charge in [-0.05, 0) is 33.6 Å². The monoisotopic (exact) mass is 227 g/mol. The molecule has 0 N–H and O–H groups in total. The van der Waals surface area contributed by atoms with E-state index in [1.807, 2.05) is 0 Å². The second-order valence-electron chi connectivity index (χ2n) is 4.74. The lowest BCUT2D eigenvalue weighted by molar-refractivity contribution is -0.132. The summed E-state index contributed by atoms with van der Waals surface area (Å²) in [5.41, 5.74) is -0.428. The van der Waals surface area contributed by atoms with Crippen molar-refractivity contribution in [2.24, 2.45) is 10.9 Å². The average molecular weight is 227 g/mol. The van der Waals surface area contributed by atoms with Crippen LogP contribution in [0.15, 0.2) is 4.99 Å². The van der Waals surface area contributed by atoms with Crippen LogP contribution in [0.2, 0.25) is 0 Å². The van der Waals surface area contributed by atoms with Crippen LogP contribution in [0.3, 0.4) is 0 Å². The molecule has 1 rings (SSSR count). The molecule has 0 aromatic heterocycles. The van der Waals surface area contributed by atoms with Crippen LogP contribution in [0.4, 0.5) is 4.79 Å². The lowest BCUT2D eigenvalue weighted by Crippen LogP contribution is -2.25. The number of carbonyl (C=O) groups is 2. The Morgan fingerprint density at radius 1 is 1.25 bits per heavy atom. The minimum absolute atomic E-state index is 0.0555. The molecule has 0 aromatic rings. The molecule has 0 aliphatic heterocycles. The van der Waals surface area contributed by atoms with Crippen molar-refractivity contribution < 1.29 is 19.1 Å². The summed E-state index contributed by atoms with van der Waals surface area (Å²) < 4.78 is 9.57. The molecule has 1 amide bonds. The molecule has 0 heterocycles. The van der Waals surface area contributed by atoms with E-state index >= 15 is 0 Å². The number of carbonyl (C=O) groups excluding carboxylic acids is 2. The van der Waals surface area contributed by atoms with Gasteiger partial charge in [0.15, 0.2) is 0 Å². The summed E-state index contributed by atoms with van der Waals surface area (Å²) in [5, 5.41) is 0. The number of hydrogen-bond donors (Lipinski definition) is 0. The van der Waals surface area contributed by atoms with Crippen LogP contribution in [-0.4, -0.2) is 30.5 Å². The molecule has 1 aliphatic rings. The highest BCUT2D eigenvalue weighted by Gasteiger charge is 2.34. The van der Waals surface area contributed by atoms with E-state index in [0.29, 0.717) is 0 Å². The van der Waals surface area contributed by atoms with Gasteiger partial charge < -0.3 is 9.47 Å². The molecule has 0 aromatic carbocycles. The lowest BCUT2D eigenvalue weighted by atomic mass is 10.2. The number of methoxy groups -OCH3 is 1. The van der Waals surface area contributed by atoms with E-state index in [0.717, 1.165) is 12.8 Å². The average Bonchev–Trinajstić information content (AvgIpc) is 2.93. The molecule has 1 fully saturated rings. The van der Waals surface area contributed by atoms with Crippen molar-refractivity contribution in [1.82, 2.24) is 0 Å². The quantitative estimate of drug-likeness (QED) is 0.534. The third-order valence-electron chi connectivity index (χ3n) is 1.96. The fourth-order valence-electron chi connectivity index (χ4n) is 1.15. The standard InChI is InChI=1S/C11H17NO4/c1-11(2,3)16-10(14)12-8(7-5-6-7)9(13)15-4/h7H,5-6H2,1-4H3/b12-8+. The topological polar surface area (TPSA) is 65.0 Å². The molecule has 1 saturated carbocycles. The number of ether oxygens (including phenoxy) is 2. The van der Waals surface area contributed by atoms with Crippen molar-refractivity contribution in [1.29, 1.82) is 0 Å². The molecule has 0 unspecified atom stereocenters. The number of nitrogens with zero attached hydrogens (tertiary/aromatic N) is 1. The smallest absolute Gasteiger partial charge is 0.434 e. The molecule has 5 nitrogen and oxygen atoms in total. The number of amides is 1. The highest BCUT2D eigenvalue weighted by Crippen LogP contribution is 2.31. The van der Waals surface area contributed by atoms with E-state index in [1.54, 1.807) is 20.8 Å². The maximum Gasteiger partial charge on any atom is 0.434 e. The molecule has 0 spiro atoms. The molecule has 16 heavy (non-hydrogen) atoms. The predicted molar refractivity (Wildman–Crippen MR) is 58.4 cm³/mol. The second-order valence-corrected chi connectivity index (χ2v) is 4.74. The van der Waals surface area contributed by atoms with Gasteiger partial charge in [-0.3, -0.25) is 0 Å². The molecule has 0 radical (unpaired) electrons. The maximum atomic E-state index is 11.4. The first-order chi connectivity index (χ1) is 7.33. The summed E-state index contributed by atoms with van der Waals surface area (Å²) in [6, 6.07) is 0. The number of esters is 1. The zero-order valence-corrected chi connectivity index (χ0v) is 10.1. The molecule has 0 bridgehead atoms. The number of aliphatic imine (C=N–C) groups is 1. The molecule has 1 aliphatic carbocycles. The predicted octanol–water partition coefficient (Wildman–Crippen LogP) is 1.95. The molecular formula is C11H17NO4. The Balaban J connectivity index is 2.70. The van der Waals surface area contributed by atoms with Crippen molar-refractivity contribution in [3.63, 3.8) is 0 Å². The minimum Gasteiger partial charge on any atom is -0.465 e. The summed E-state index contributed by atoms with van der Waals surface area (Å²) in [5.74, 6) is -0.492. The molecule has 0 atom stereocenters. The summed E-state index contributed by atoms with van der Waals surface area (Å²) >= 11 is 0. The summed E-state index contributed by atoms with van der Waals surface area (Å²) in [7, 11) is 1.27. The molecule has 90 valence electrons.